The van der Waals surface area contributed by atoms with E-state index in [-0.39, 0.29) is 12.5 Å². The average molecular weight is 427 g/mol. The highest BCUT2D eigenvalue weighted by atomic mass is 16.6. The molecule has 3 rings (SSSR count). The second-order valence-electron chi connectivity index (χ2n) is 6.63. The Morgan fingerprint density at radius 2 is 1.84 bits per heavy atom. The predicted molar refractivity (Wildman–Crippen MR) is 114 cm³/mol. The third-order valence-electron chi connectivity index (χ3n) is 4.53. The van der Waals surface area contributed by atoms with E-state index in [1.807, 2.05) is 18.2 Å². The molecule has 1 N–H and O–H groups in total. The fraction of sp³-hybridized carbons (Fsp3) is 0.304. The van der Waals surface area contributed by atoms with Crippen LogP contribution in [0.5, 0.6) is 23.0 Å². The van der Waals surface area contributed by atoms with E-state index in [1.54, 1.807) is 31.4 Å². The maximum Gasteiger partial charge on any atom is 0.331 e. The molecule has 0 bridgehead atoms. The quantitative estimate of drug-likeness (QED) is 0.485. The van der Waals surface area contributed by atoms with E-state index in [1.165, 1.54) is 13.2 Å². The van der Waals surface area contributed by atoms with Gasteiger partial charge in [0, 0.05) is 24.3 Å². The number of rotatable bonds is 9. The second kappa shape index (κ2) is 10.9. The second-order valence-corrected chi connectivity index (χ2v) is 6.63. The van der Waals surface area contributed by atoms with Crippen molar-refractivity contribution in [1.29, 1.82) is 0 Å². The molecule has 2 aromatic rings. The van der Waals surface area contributed by atoms with Crippen LogP contribution in [-0.4, -0.2) is 52.5 Å². The highest BCUT2D eigenvalue weighted by Crippen LogP contribution is 2.30. The normalized spacial score (nSPS) is 12.3. The number of benzene rings is 2. The lowest BCUT2D eigenvalue weighted by Gasteiger charge is -2.18. The van der Waals surface area contributed by atoms with Crippen molar-refractivity contribution < 1.29 is 33.3 Å². The summed E-state index contributed by atoms with van der Waals surface area (Å²) in [6.07, 6.45) is 3.42. The van der Waals surface area contributed by atoms with Crippen molar-refractivity contribution in [2.45, 2.75) is 6.42 Å². The average Bonchev–Trinajstić information content (AvgIpc) is 2.81. The Bertz CT molecular complexity index is 955. The van der Waals surface area contributed by atoms with E-state index in [0.717, 1.165) is 11.3 Å². The molecule has 0 aromatic heterocycles. The van der Waals surface area contributed by atoms with Gasteiger partial charge < -0.3 is 29.0 Å². The number of hydrogen-bond donors (Lipinski definition) is 1. The Balaban J connectivity index is 1.40. The summed E-state index contributed by atoms with van der Waals surface area (Å²) in [5.74, 6) is 1.64. The van der Waals surface area contributed by atoms with Crippen LogP contribution in [0.2, 0.25) is 0 Å². The largest absolute Gasteiger partial charge is 0.497 e. The number of nitrogens with one attached hydrogen (secondary N) is 1. The Morgan fingerprint density at radius 1 is 1.03 bits per heavy atom. The molecule has 1 aliphatic rings. The first-order valence-electron chi connectivity index (χ1n) is 9.81. The molecule has 0 saturated carbocycles. The zero-order valence-corrected chi connectivity index (χ0v) is 17.5. The van der Waals surface area contributed by atoms with Gasteiger partial charge in [0.25, 0.3) is 5.91 Å². The van der Waals surface area contributed by atoms with Crippen LogP contribution in [0, 0.1) is 0 Å². The first-order valence-corrected chi connectivity index (χ1v) is 9.81. The molecule has 1 amide bonds. The predicted octanol–water partition coefficient (Wildman–Crippen LogP) is 2.39. The summed E-state index contributed by atoms with van der Waals surface area (Å²) in [6.45, 7) is 1.13. The van der Waals surface area contributed by atoms with Crippen molar-refractivity contribution in [2.24, 2.45) is 0 Å². The van der Waals surface area contributed by atoms with Gasteiger partial charge in [-0.15, -0.1) is 0 Å². The highest BCUT2D eigenvalue weighted by Gasteiger charge is 2.12. The van der Waals surface area contributed by atoms with Crippen LogP contribution in [0.1, 0.15) is 11.1 Å². The van der Waals surface area contributed by atoms with Gasteiger partial charge in [-0.2, -0.15) is 0 Å². The van der Waals surface area contributed by atoms with Crippen LogP contribution < -0.4 is 24.3 Å². The van der Waals surface area contributed by atoms with E-state index < -0.39 is 5.97 Å². The number of esters is 1. The molecule has 1 heterocycles. The van der Waals surface area contributed by atoms with E-state index in [2.05, 4.69) is 5.32 Å². The SMILES string of the molecule is COc1ccc(/C=C/C(=O)OCC(=O)NCCc2ccc3c(c2)OCCO3)c(OC)c1. The number of carbonyl (C=O) groups excluding carboxylic acids is 2. The molecule has 0 fully saturated rings. The lowest BCUT2D eigenvalue weighted by Crippen LogP contribution is -2.30. The maximum atomic E-state index is 11.9. The summed E-state index contributed by atoms with van der Waals surface area (Å²) < 4.78 is 26.4. The van der Waals surface area contributed by atoms with Crippen LogP contribution in [0.3, 0.4) is 0 Å². The van der Waals surface area contributed by atoms with Gasteiger partial charge in [-0.1, -0.05) is 6.07 Å². The molecule has 31 heavy (non-hydrogen) atoms. The summed E-state index contributed by atoms with van der Waals surface area (Å²) in [5.41, 5.74) is 1.70. The molecule has 0 atom stereocenters. The zero-order valence-electron chi connectivity index (χ0n) is 17.5. The molecule has 8 nitrogen and oxygen atoms in total. The van der Waals surface area contributed by atoms with Crippen molar-refractivity contribution in [2.75, 3.05) is 40.6 Å². The maximum absolute atomic E-state index is 11.9. The van der Waals surface area contributed by atoms with E-state index in [4.69, 9.17) is 23.7 Å². The molecule has 1 aliphatic heterocycles. The van der Waals surface area contributed by atoms with Gasteiger partial charge in [0.2, 0.25) is 0 Å². The van der Waals surface area contributed by atoms with E-state index in [0.29, 0.717) is 49.0 Å². The van der Waals surface area contributed by atoms with Crippen LogP contribution >= 0.6 is 0 Å². The highest BCUT2D eigenvalue weighted by molar-refractivity contribution is 5.89. The fourth-order valence-corrected chi connectivity index (χ4v) is 2.94. The number of methoxy groups -OCH3 is 2. The van der Waals surface area contributed by atoms with E-state index in [9.17, 15) is 9.59 Å². The monoisotopic (exact) mass is 427 g/mol. The van der Waals surface area contributed by atoms with Crippen LogP contribution in [0.15, 0.2) is 42.5 Å². The topological polar surface area (TPSA) is 92.3 Å². The van der Waals surface area contributed by atoms with Crippen molar-refractivity contribution >= 4 is 18.0 Å². The fourth-order valence-electron chi connectivity index (χ4n) is 2.94. The van der Waals surface area contributed by atoms with Crippen LogP contribution in [0.25, 0.3) is 6.08 Å². The zero-order chi connectivity index (χ0) is 22.1. The third-order valence-corrected chi connectivity index (χ3v) is 4.53. The minimum absolute atomic E-state index is 0.357. The third kappa shape index (κ3) is 6.40. The summed E-state index contributed by atoms with van der Waals surface area (Å²) in [7, 11) is 3.09. The van der Waals surface area contributed by atoms with Gasteiger partial charge in [-0.25, -0.2) is 4.79 Å². The molecule has 2 aromatic carbocycles. The molecule has 0 spiro atoms. The minimum atomic E-state index is -0.625. The Hall–Kier alpha value is -3.68. The molecule has 0 aliphatic carbocycles. The van der Waals surface area contributed by atoms with Crippen molar-refractivity contribution in [1.82, 2.24) is 5.32 Å². The number of fused-ring (bicyclic) bond motifs is 1. The molecular formula is C23H25NO7. The lowest BCUT2D eigenvalue weighted by molar-refractivity contribution is -0.143. The summed E-state index contributed by atoms with van der Waals surface area (Å²) in [6, 6.07) is 10.9. The van der Waals surface area contributed by atoms with Crippen molar-refractivity contribution in [3.05, 3.63) is 53.6 Å². The molecule has 0 saturated heterocycles. The lowest BCUT2D eigenvalue weighted by atomic mass is 10.1. The van der Waals surface area contributed by atoms with Crippen molar-refractivity contribution in [3.63, 3.8) is 0 Å². The first-order chi connectivity index (χ1) is 15.1. The smallest absolute Gasteiger partial charge is 0.331 e. The molecule has 0 unspecified atom stereocenters. The minimum Gasteiger partial charge on any atom is -0.497 e. The number of hydrogen-bond acceptors (Lipinski definition) is 7. The van der Waals surface area contributed by atoms with Gasteiger partial charge in [0.05, 0.1) is 14.2 Å². The Labute approximate surface area is 180 Å². The first kappa shape index (κ1) is 22.0. The number of ether oxygens (including phenoxy) is 5. The molecule has 0 radical (unpaired) electrons. The summed E-state index contributed by atoms with van der Waals surface area (Å²) in [5, 5.41) is 2.73. The van der Waals surface area contributed by atoms with Crippen molar-refractivity contribution in [3.8, 4) is 23.0 Å². The summed E-state index contributed by atoms with van der Waals surface area (Å²) >= 11 is 0. The van der Waals surface area contributed by atoms with Gasteiger partial charge in [0.1, 0.15) is 24.7 Å². The summed E-state index contributed by atoms with van der Waals surface area (Å²) in [4.78, 5) is 23.8. The molecular weight excluding hydrogens is 402 g/mol. The van der Waals surface area contributed by atoms with Gasteiger partial charge >= 0.3 is 5.97 Å². The molecule has 8 heteroatoms. The van der Waals surface area contributed by atoms with Gasteiger partial charge in [-0.3, -0.25) is 4.79 Å². The molecule has 164 valence electrons. The van der Waals surface area contributed by atoms with Crippen LogP contribution in [-0.2, 0) is 20.7 Å². The van der Waals surface area contributed by atoms with Gasteiger partial charge in [0.15, 0.2) is 18.1 Å². The van der Waals surface area contributed by atoms with E-state index >= 15 is 0 Å². The van der Waals surface area contributed by atoms with Crippen LogP contribution in [0.4, 0.5) is 0 Å². The van der Waals surface area contributed by atoms with Gasteiger partial charge in [-0.05, 0) is 42.3 Å². The number of carbonyl (C=O) groups is 2. The standard InChI is InChI=1S/C23H25NO7/c1-27-18-6-4-17(20(14-18)28-2)5-8-23(26)31-15-22(25)24-10-9-16-3-7-19-21(13-16)30-12-11-29-19/h3-8,13-14H,9-12,15H2,1-2H3,(H,24,25)/b8-5+. The Kier molecular flexibility index (Phi) is 7.75. The Morgan fingerprint density at radius 3 is 2.61 bits per heavy atom. The number of amides is 1.